The molecule has 2 heterocycles. The number of allylic oxidation sites excluding steroid dienone is 2. The van der Waals surface area contributed by atoms with E-state index in [0.717, 1.165) is 16.9 Å². The molecule has 162 valence electrons. The van der Waals surface area contributed by atoms with Crippen LogP contribution in [0.2, 0.25) is 5.02 Å². The molecule has 1 aromatic heterocycles. The fourth-order valence-electron chi connectivity index (χ4n) is 3.46. The van der Waals surface area contributed by atoms with Gasteiger partial charge in [-0.05, 0) is 30.7 Å². The summed E-state index contributed by atoms with van der Waals surface area (Å²) in [6, 6.07) is 13.1. The second-order valence-corrected chi connectivity index (χ2v) is 8.44. The van der Waals surface area contributed by atoms with Crippen LogP contribution in [0.3, 0.4) is 0 Å². The Morgan fingerprint density at radius 1 is 1.22 bits per heavy atom. The molecular formula is C24H18ClFN2O3S. The Morgan fingerprint density at radius 3 is 2.66 bits per heavy atom. The summed E-state index contributed by atoms with van der Waals surface area (Å²) in [7, 11) is 1.28. The maximum absolute atomic E-state index is 14.3. The Morgan fingerprint density at radius 2 is 1.97 bits per heavy atom. The summed E-state index contributed by atoms with van der Waals surface area (Å²) in [4.78, 5) is 30.7. The largest absolute Gasteiger partial charge is 0.466 e. The molecule has 0 amide bonds. The number of thiazole rings is 1. The molecule has 0 bridgehead atoms. The number of rotatable bonds is 4. The lowest BCUT2D eigenvalue weighted by atomic mass is 10.0. The van der Waals surface area contributed by atoms with Crippen LogP contribution in [0.15, 0.2) is 75.7 Å². The van der Waals surface area contributed by atoms with Crippen LogP contribution in [0.1, 0.15) is 24.1 Å². The predicted molar refractivity (Wildman–Crippen MR) is 124 cm³/mol. The van der Waals surface area contributed by atoms with Gasteiger partial charge >= 0.3 is 5.97 Å². The number of nitrogens with zero attached hydrogens (tertiary/aromatic N) is 2. The van der Waals surface area contributed by atoms with Crippen molar-refractivity contribution in [2.24, 2.45) is 4.99 Å². The minimum atomic E-state index is -0.725. The number of methoxy groups -OCH3 is 1. The molecule has 1 aliphatic rings. The number of aromatic nitrogens is 1. The van der Waals surface area contributed by atoms with Crippen molar-refractivity contribution in [1.29, 1.82) is 0 Å². The van der Waals surface area contributed by atoms with Gasteiger partial charge in [0.25, 0.3) is 5.56 Å². The zero-order valence-corrected chi connectivity index (χ0v) is 18.8. The van der Waals surface area contributed by atoms with Crippen molar-refractivity contribution in [2.45, 2.75) is 13.0 Å². The first-order valence-electron chi connectivity index (χ1n) is 9.69. The van der Waals surface area contributed by atoms with E-state index >= 15 is 0 Å². The summed E-state index contributed by atoms with van der Waals surface area (Å²) in [5.41, 5.74) is 1.36. The molecule has 0 spiro atoms. The van der Waals surface area contributed by atoms with Crippen LogP contribution < -0.4 is 14.9 Å². The number of carbonyl (C=O) groups excluding carboxylic acids is 1. The van der Waals surface area contributed by atoms with E-state index in [9.17, 15) is 14.0 Å². The smallest absolute Gasteiger partial charge is 0.338 e. The van der Waals surface area contributed by atoms with Crippen molar-refractivity contribution >= 4 is 41.1 Å². The van der Waals surface area contributed by atoms with E-state index in [1.807, 2.05) is 36.4 Å². The fraction of sp³-hybridized carbons (Fsp3) is 0.125. The third-order valence-corrected chi connectivity index (χ3v) is 6.33. The third kappa shape index (κ3) is 4.09. The van der Waals surface area contributed by atoms with Crippen molar-refractivity contribution in [3.63, 3.8) is 0 Å². The average Bonchev–Trinajstić information content (AvgIpc) is 3.09. The van der Waals surface area contributed by atoms with Crippen molar-refractivity contribution < 1.29 is 13.9 Å². The summed E-state index contributed by atoms with van der Waals surface area (Å²) in [6.07, 6.45) is 5.01. The van der Waals surface area contributed by atoms with Crippen LogP contribution in [0.4, 0.5) is 4.39 Å². The number of benzene rings is 2. The molecule has 32 heavy (non-hydrogen) atoms. The molecule has 1 atom stereocenters. The molecule has 0 aliphatic carbocycles. The monoisotopic (exact) mass is 468 g/mol. The normalized spacial score (nSPS) is 16.2. The van der Waals surface area contributed by atoms with Crippen LogP contribution >= 0.6 is 22.9 Å². The molecule has 0 saturated carbocycles. The van der Waals surface area contributed by atoms with E-state index in [2.05, 4.69) is 4.99 Å². The maximum Gasteiger partial charge on any atom is 0.338 e. The zero-order valence-electron chi connectivity index (χ0n) is 17.2. The van der Waals surface area contributed by atoms with E-state index in [1.54, 1.807) is 19.1 Å². The molecule has 2 aromatic carbocycles. The lowest BCUT2D eigenvalue weighted by Crippen LogP contribution is -2.38. The van der Waals surface area contributed by atoms with E-state index in [0.29, 0.717) is 10.5 Å². The number of ether oxygens (including phenoxy) is 1. The van der Waals surface area contributed by atoms with Gasteiger partial charge in [0.1, 0.15) is 5.82 Å². The number of halogens is 2. The number of hydrogen-bond donors (Lipinski definition) is 0. The SMILES string of the molecule is COC(=O)C1=C(C)N=c2s/c(=C\c3c(F)cccc3Cl)c(=O)n2[C@@H]1/C=C/c1ccccc1. The molecule has 0 saturated heterocycles. The maximum atomic E-state index is 14.3. The van der Waals surface area contributed by atoms with Gasteiger partial charge in [-0.2, -0.15) is 0 Å². The molecule has 0 fully saturated rings. The quantitative estimate of drug-likeness (QED) is 0.546. The fourth-order valence-corrected chi connectivity index (χ4v) is 4.72. The van der Waals surface area contributed by atoms with E-state index < -0.39 is 23.4 Å². The number of esters is 1. The predicted octanol–water partition coefficient (Wildman–Crippen LogP) is 3.87. The molecule has 0 unspecified atom stereocenters. The van der Waals surface area contributed by atoms with Crippen molar-refractivity contribution in [1.82, 2.24) is 4.57 Å². The van der Waals surface area contributed by atoms with Gasteiger partial charge in [-0.1, -0.05) is 71.5 Å². The highest BCUT2D eigenvalue weighted by Gasteiger charge is 2.30. The van der Waals surface area contributed by atoms with Gasteiger partial charge in [0, 0.05) is 5.56 Å². The van der Waals surface area contributed by atoms with Gasteiger partial charge in [-0.3, -0.25) is 9.36 Å². The van der Waals surface area contributed by atoms with E-state index in [4.69, 9.17) is 16.3 Å². The van der Waals surface area contributed by atoms with Gasteiger partial charge in [0.15, 0.2) is 4.80 Å². The summed E-state index contributed by atoms with van der Waals surface area (Å²) >= 11 is 7.24. The number of fused-ring (bicyclic) bond motifs is 1. The van der Waals surface area contributed by atoms with Crippen LogP contribution in [0.5, 0.6) is 0 Å². The van der Waals surface area contributed by atoms with Crippen LogP contribution in [-0.2, 0) is 9.53 Å². The zero-order chi connectivity index (χ0) is 22.8. The Hall–Kier alpha value is -3.29. The molecule has 3 aromatic rings. The summed E-state index contributed by atoms with van der Waals surface area (Å²) in [5.74, 6) is -1.10. The van der Waals surface area contributed by atoms with Crippen LogP contribution in [0, 0.1) is 5.82 Å². The topological polar surface area (TPSA) is 60.7 Å². The lowest BCUT2D eigenvalue weighted by molar-refractivity contribution is -0.136. The van der Waals surface area contributed by atoms with Crippen LogP contribution in [-0.4, -0.2) is 17.6 Å². The number of hydrogen-bond acceptors (Lipinski definition) is 5. The molecule has 1 aliphatic heterocycles. The summed E-state index contributed by atoms with van der Waals surface area (Å²) in [5, 5.41) is 0.197. The Kier molecular flexibility index (Phi) is 6.21. The first-order chi connectivity index (χ1) is 15.4. The van der Waals surface area contributed by atoms with Crippen molar-refractivity contribution in [3.8, 4) is 0 Å². The van der Waals surface area contributed by atoms with Crippen molar-refractivity contribution in [3.05, 3.63) is 108 Å². The van der Waals surface area contributed by atoms with Gasteiger partial charge in [0.2, 0.25) is 0 Å². The van der Waals surface area contributed by atoms with Gasteiger partial charge in [-0.25, -0.2) is 14.2 Å². The van der Waals surface area contributed by atoms with Gasteiger partial charge < -0.3 is 4.74 Å². The standard InChI is InChI=1S/C24H18ClFN2O3S/c1-14-21(23(30)31-2)19(12-11-15-7-4-3-5-8-15)28-22(29)20(32-24(28)27-14)13-16-17(25)9-6-10-18(16)26/h3-13,19H,1-2H3/b12-11+,20-13-/t19-/m1/s1. The molecule has 0 radical (unpaired) electrons. The Balaban J connectivity index is 1.92. The molecule has 0 N–H and O–H groups in total. The van der Waals surface area contributed by atoms with E-state index in [-0.39, 0.29) is 20.7 Å². The summed E-state index contributed by atoms with van der Waals surface area (Å²) < 4.78 is 20.9. The highest BCUT2D eigenvalue weighted by Crippen LogP contribution is 2.26. The van der Waals surface area contributed by atoms with Gasteiger partial charge in [-0.15, -0.1) is 0 Å². The summed E-state index contributed by atoms with van der Waals surface area (Å²) in [6.45, 7) is 1.69. The highest BCUT2D eigenvalue weighted by molar-refractivity contribution is 7.07. The number of carbonyl (C=O) groups is 1. The van der Waals surface area contributed by atoms with Crippen LogP contribution in [0.25, 0.3) is 12.2 Å². The first-order valence-corrected chi connectivity index (χ1v) is 10.9. The lowest BCUT2D eigenvalue weighted by Gasteiger charge is -2.21. The van der Waals surface area contributed by atoms with E-state index in [1.165, 1.54) is 29.9 Å². The molecule has 5 nitrogen and oxygen atoms in total. The molecular weight excluding hydrogens is 451 g/mol. The van der Waals surface area contributed by atoms with Crippen molar-refractivity contribution in [2.75, 3.05) is 7.11 Å². The highest BCUT2D eigenvalue weighted by atomic mass is 35.5. The first kappa shape index (κ1) is 21.9. The Bertz CT molecular complexity index is 1420. The Labute approximate surface area is 192 Å². The molecule has 4 rings (SSSR count). The minimum Gasteiger partial charge on any atom is -0.466 e. The minimum absolute atomic E-state index is 0.125. The average molecular weight is 469 g/mol. The second kappa shape index (κ2) is 9.06. The van der Waals surface area contributed by atoms with Gasteiger partial charge in [0.05, 0.1) is 34.0 Å². The molecule has 8 heteroatoms. The third-order valence-electron chi connectivity index (χ3n) is 5.01. The second-order valence-electron chi connectivity index (χ2n) is 7.02.